The summed E-state index contributed by atoms with van der Waals surface area (Å²) < 4.78 is 19.7. The van der Waals surface area contributed by atoms with E-state index in [1.54, 1.807) is 19.1 Å². The van der Waals surface area contributed by atoms with Gasteiger partial charge in [-0.1, -0.05) is 6.07 Å². The zero-order valence-electron chi connectivity index (χ0n) is 18.7. The quantitative estimate of drug-likeness (QED) is 0.610. The van der Waals surface area contributed by atoms with Crippen LogP contribution in [0.4, 0.5) is 21.0 Å². The van der Waals surface area contributed by atoms with Crippen LogP contribution in [0, 0.1) is 5.82 Å². The van der Waals surface area contributed by atoms with Crippen LogP contribution in [0.1, 0.15) is 61.5 Å². The molecule has 1 aliphatic heterocycles. The highest BCUT2D eigenvalue weighted by atomic mass is 19.1. The van der Waals surface area contributed by atoms with E-state index in [1.165, 1.54) is 23.2 Å². The van der Waals surface area contributed by atoms with Crippen molar-refractivity contribution in [2.45, 2.75) is 57.2 Å². The van der Waals surface area contributed by atoms with Crippen molar-refractivity contribution in [2.75, 3.05) is 23.4 Å². The fourth-order valence-corrected chi connectivity index (χ4v) is 4.08. The lowest BCUT2D eigenvalue weighted by Gasteiger charge is -2.33. The van der Waals surface area contributed by atoms with Crippen LogP contribution in [0.15, 0.2) is 30.5 Å². The molecule has 0 bridgehead atoms. The van der Waals surface area contributed by atoms with Gasteiger partial charge in [0, 0.05) is 12.2 Å². The normalized spacial score (nSPS) is 23.7. The van der Waals surface area contributed by atoms with E-state index >= 15 is 0 Å². The Morgan fingerprint density at radius 3 is 2.76 bits per heavy atom. The SMILES string of the molecule is CC(Nc1nccc(N2CCOC2=O)n1)c1ccc(C(=O)NC2CCC(C)(O)CC2)c(F)c1. The minimum atomic E-state index is -0.696. The third-order valence-electron chi connectivity index (χ3n) is 6.16. The monoisotopic (exact) mass is 457 g/mol. The molecule has 0 radical (unpaired) electrons. The standard InChI is InChI=1S/C23H28FN5O4/c1-14(26-21-25-10-7-19(28-21)29-11-12-33-22(29)31)15-3-4-17(18(24)13-15)20(30)27-16-5-8-23(2,32)9-6-16/h3-4,7,10,13-14,16,32H,5-6,8-9,11-12H2,1-2H3,(H,27,30)(H,25,26,28). The number of nitrogens with one attached hydrogen (secondary N) is 2. The lowest BCUT2D eigenvalue weighted by atomic mass is 9.83. The van der Waals surface area contributed by atoms with Gasteiger partial charge in [-0.05, 0) is 63.3 Å². The highest BCUT2D eigenvalue weighted by molar-refractivity contribution is 5.94. The van der Waals surface area contributed by atoms with Crippen LogP contribution in [0.2, 0.25) is 0 Å². The Kier molecular flexibility index (Phi) is 6.46. The number of halogens is 1. The summed E-state index contributed by atoms with van der Waals surface area (Å²) in [5.74, 6) is -0.365. The molecule has 9 nitrogen and oxygen atoms in total. The van der Waals surface area contributed by atoms with E-state index in [0.29, 0.717) is 50.2 Å². The highest BCUT2D eigenvalue weighted by Gasteiger charge is 2.30. The van der Waals surface area contributed by atoms with Gasteiger partial charge < -0.3 is 20.5 Å². The molecule has 10 heteroatoms. The number of ether oxygens (including phenoxy) is 1. The number of rotatable bonds is 6. The van der Waals surface area contributed by atoms with Crippen LogP contribution in [0.5, 0.6) is 0 Å². The molecule has 176 valence electrons. The van der Waals surface area contributed by atoms with Crippen LogP contribution in [0.3, 0.4) is 0 Å². The molecule has 2 aliphatic rings. The largest absolute Gasteiger partial charge is 0.447 e. The summed E-state index contributed by atoms with van der Waals surface area (Å²) in [6.07, 6.45) is 3.60. The molecular formula is C23H28FN5O4. The number of anilines is 2. The highest BCUT2D eigenvalue weighted by Crippen LogP contribution is 2.28. The first-order valence-corrected chi connectivity index (χ1v) is 11.1. The van der Waals surface area contributed by atoms with E-state index in [0.717, 1.165) is 0 Å². The number of amides is 2. The van der Waals surface area contributed by atoms with Crippen molar-refractivity contribution in [1.29, 1.82) is 0 Å². The van der Waals surface area contributed by atoms with E-state index in [2.05, 4.69) is 20.6 Å². The molecule has 2 amide bonds. The Morgan fingerprint density at radius 1 is 1.33 bits per heavy atom. The summed E-state index contributed by atoms with van der Waals surface area (Å²) in [4.78, 5) is 34.2. The second kappa shape index (κ2) is 9.30. The molecular weight excluding hydrogens is 429 g/mol. The molecule has 1 aromatic heterocycles. The Morgan fingerprint density at radius 2 is 2.09 bits per heavy atom. The summed E-state index contributed by atoms with van der Waals surface area (Å²) in [6, 6.07) is 5.66. The van der Waals surface area contributed by atoms with Crippen molar-refractivity contribution >= 4 is 23.8 Å². The lowest BCUT2D eigenvalue weighted by Crippen LogP contribution is -2.42. The molecule has 1 saturated heterocycles. The minimum absolute atomic E-state index is 0.0194. The first kappa shape index (κ1) is 22.9. The van der Waals surface area contributed by atoms with Gasteiger partial charge in [0.15, 0.2) is 0 Å². The van der Waals surface area contributed by atoms with Crippen LogP contribution in [-0.4, -0.2) is 51.9 Å². The van der Waals surface area contributed by atoms with Crippen molar-refractivity contribution in [3.8, 4) is 0 Å². The molecule has 1 aromatic carbocycles. The molecule has 2 aromatic rings. The molecule has 3 N–H and O–H groups in total. The fraction of sp³-hybridized carbons (Fsp3) is 0.478. The van der Waals surface area contributed by atoms with Gasteiger partial charge in [-0.15, -0.1) is 0 Å². The van der Waals surface area contributed by atoms with Gasteiger partial charge in [0.25, 0.3) is 5.91 Å². The first-order chi connectivity index (χ1) is 15.7. The second-order valence-corrected chi connectivity index (χ2v) is 8.85. The molecule has 2 heterocycles. The maximum Gasteiger partial charge on any atom is 0.415 e. The average molecular weight is 458 g/mol. The summed E-state index contributed by atoms with van der Waals surface area (Å²) in [5.41, 5.74) is -0.0976. The van der Waals surface area contributed by atoms with Crippen LogP contribution in [-0.2, 0) is 4.74 Å². The Balaban J connectivity index is 1.39. The number of cyclic esters (lactones) is 1. The van der Waals surface area contributed by atoms with Crippen molar-refractivity contribution in [1.82, 2.24) is 15.3 Å². The van der Waals surface area contributed by atoms with Gasteiger partial charge >= 0.3 is 6.09 Å². The van der Waals surface area contributed by atoms with E-state index in [-0.39, 0.29) is 23.6 Å². The maximum atomic E-state index is 14.8. The van der Waals surface area contributed by atoms with Gasteiger partial charge in [0.2, 0.25) is 5.95 Å². The second-order valence-electron chi connectivity index (χ2n) is 8.85. The minimum Gasteiger partial charge on any atom is -0.447 e. The molecule has 1 atom stereocenters. The molecule has 0 spiro atoms. The topological polar surface area (TPSA) is 117 Å². The van der Waals surface area contributed by atoms with Gasteiger partial charge in [0.1, 0.15) is 18.2 Å². The summed E-state index contributed by atoms with van der Waals surface area (Å²) in [7, 11) is 0. The molecule has 33 heavy (non-hydrogen) atoms. The number of benzene rings is 1. The fourth-order valence-electron chi connectivity index (χ4n) is 4.08. The van der Waals surface area contributed by atoms with Crippen LogP contribution in [0.25, 0.3) is 0 Å². The summed E-state index contributed by atoms with van der Waals surface area (Å²) in [5, 5.41) is 16.0. The number of hydrogen-bond acceptors (Lipinski definition) is 7. The van der Waals surface area contributed by atoms with E-state index < -0.39 is 23.4 Å². The molecule has 1 unspecified atom stereocenters. The van der Waals surface area contributed by atoms with E-state index in [9.17, 15) is 19.1 Å². The molecule has 1 saturated carbocycles. The zero-order chi connectivity index (χ0) is 23.6. The number of nitrogens with zero attached hydrogens (tertiary/aromatic N) is 3. The summed E-state index contributed by atoms with van der Waals surface area (Å²) >= 11 is 0. The van der Waals surface area contributed by atoms with E-state index in [4.69, 9.17) is 4.74 Å². The summed E-state index contributed by atoms with van der Waals surface area (Å²) in [6.45, 7) is 4.34. The Bertz CT molecular complexity index is 1040. The number of hydrogen-bond donors (Lipinski definition) is 3. The van der Waals surface area contributed by atoms with Crippen molar-refractivity contribution in [3.05, 3.63) is 47.4 Å². The maximum absolute atomic E-state index is 14.8. The molecule has 2 fully saturated rings. The predicted octanol–water partition coefficient (Wildman–Crippen LogP) is 3.17. The van der Waals surface area contributed by atoms with Crippen molar-refractivity contribution < 1.29 is 23.8 Å². The first-order valence-electron chi connectivity index (χ1n) is 11.1. The van der Waals surface area contributed by atoms with Crippen molar-refractivity contribution in [2.24, 2.45) is 0 Å². The van der Waals surface area contributed by atoms with E-state index in [1.807, 2.05) is 6.92 Å². The smallest absolute Gasteiger partial charge is 0.415 e. The van der Waals surface area contributed by atoms with Crippen molar-refractivity contribution in [3.63, 3.8) is 0 Å². The lowest BCUT2D eigenvalue weighted by molar-refractivity contribution is 0.0140. The number of carbonyl (C=O) groups is 2. The van der Waals surface area contributed by atoms with Gasteiger partial charge in [-0.2, -0.15) is 4.98 Å². The van der Waals surface area contributed by atoms with Crippen LogP contribution < -0.4 is 15.5 Å². The molecule has 1 aliphatic carbocycles. The van der Waals surface area contributed by atoms with Gasteiger partial charge in [-0.25, -0.2) is 14.2 Å². The van der Waals surface area contributed by atoms with Gasteiger partial charge in [-0.3, -0.25) is 9.69 Å². The predicted molar refractivity (Wildman–Crippen MR) is 120 cm³/mol. The zero-order valence-corrected chi connectivity index (χ0v) is 18.7. The third kappa shape index (κ3) is 5.39. The number of aromatic nitrogens is 2. The number of carbonyl (C=O) groups excluding carboxylic acids is 2. The Labute approximate surface area is 191 Å². The molecule has 4 rings (SSSR count). The number of aliphatic hydroxyl groups is 1. The third-order valence-corrected chi connectivity index (χ3v) is 6.16. The van der Waals surface area contributed by atoms with Gasteiger partial charge in [0.05, 0.1) is 23.8 Å². The average Bonchev–Trinajstić information content (AvgIpc) is 3.21. The van der Waals surface area contributed by atoms with Crippen LogP contribution >= 0.6 is 0 Å². The Hall–Kier alpha value is -3.27.